The fourth-order valence-corrected chi connectivity index (χ4v) is 2.47. The second-order valence-corrected chi connectivity index (χ2v) is 5.62. The summed E-state index contributed by atoms with van der Waals surface area (Å²) in [7, 11) is -4.92. The maximum atomic E-state index is 9.06. The van der Waals surface area contributed by atoms with Gasteiger partial charge in [0, 0.05) is 18.6 Å². The second-order valence-electron chi connectivity index (χ2n) is 4.77. The van der Waals surface area contributed by atoms with Gasteiger partial charge < -0.3 is 9.66 Å². The van der Waals surface area contributed by atoms with Gasteiger partial charge in [0.1, 0.15) is 5.69 Å². The predicted octanol–water partition coefficient (Wildman–Crippen LogP) is 2.06. The first kappa shape index (κ1) is 20.8. The van der Waals surface area contributed by atoms with Crippen LogP contribution in [0.5, 0.6) is 0 Å². The molecule has 0 saturated heterocycles. The molecule has 126 valence electrons. The molecule has 1 aromatic rings. The van der Waals surface area contributed by atoms with E-state index in [0.29, 0.717) is 0 Å². The van der Waals surface area contributed by atoms with Crippen LogP contribution in [0.4, 0.5) is 5.69 Å². The van der Waals surface area contributed by atoms with Crippen LogP contribution in [0.1, 0.15) is 25.8 Å². The number of quaternary nitrogens is 1. The molecule has 2 N–H and O–H groups in total. The molecule has 0 unspecified atom stereocenters. The van der Waals surface area contributed by atoms with Crippen LogP contribution < -0.4 is 4.48 Å². The van der Waals surface area contributed by atoms with E-state index in [-0.39, 0.29) is 6.61 Å². The monoisotopic (exact) mass is 331 g/mol. The van der Waals surface area contributed by atoms with E-state index in [2.05, 4.69) is 38.6 Å². The fourth-order valence-electron chi connectivity index (χ4n) is 2.47. The Morgan fingerprint density at radius 1 is 1.27 bits per heavy atom. The summed E-state index contributed by atoms with van der Waals surface area (Å²) in [6.45, 7) is 11.6. The Hall–Kier alpha value is -1.25. The van der Waals surface area contributed by atoms with Crippen molar-refractivity contribution in [3.05, 3.63) is 36.4 Å². The molecule has 0 spiro atoms. The Morgan fingerprint density at radius 2 is 1.77 bits per heavy atom. The Kier molecular flexibility index (Phi) is 9.15. The zero-order valence-corrected chi connectivity index (χ0v) is 13.9. The second kappa shape index (κ2) is 9.70. The molecule has 0 aromatic heterocycles. The van der Waals surface area contributed by atoms with E-state index < -0.39 is 10.4 Å². The van der Waals surface area contributed by atoms with Gasteiger partial charge in [-0.3, -0.25) is 9.04 Å². The summed E-state index contributed by atoms with van der Waals surface area (Å²) in [5.41, 5.74) is 2.52. The van der Waals surface area contributed by atoms with Crippen LogP contribution in [-0.2, 0) is 10.4 Å². The van der Waals surface area contributed by atoms with E-state index in [0.717, 1.165) is 30.5 Å². The number of nitrogens with zero attached hydrogens (tertiary/aromatic N) is 1. The molecule has 0 amide bonds. The van der Waals surface area contributed by atoms with Crippen molar-refractivity contribution in [2.45, 2.75) is 20.3 Å². The van der Waals surface area contributed by atoms with Crippen molar-refractivity contribution in [2.24, 2.45) is 0 Å². The lowest BCUT2D eigenvalue weighted by Crippen LogP contribution is -2.50. The highest BCUT2D eigenvalue weighted by Gasteiger charge is 2.27. The maximum Gasteiger partial charge on any atom is 0.215 e. The summed E-state index contributed by atoms with van der Waals surface area (Å²) in [5, 5.41) is 9.06. The lowest BCUT2D eigenvalue weighted by molar-refractivity contribution is 0.236. The molecule has 0 bridgehead atoms. The van der Waals surface area contributed by atoms with Gasteiger partial charge in [0.2, 0.25) is 10.4 Å². The van der Waals surface area contributed by atoms with E-state index in [1.54, 1.807) is 0 Å². The van der Waals surface area contributed by atoms with Crippen molar-refractivity contribution in [1.29, 1.82) is 0 Å². The molecular formula is C15H25NO5S. The normalized spacial score (nSPS) is 11.5. The quantitative estimate of drug-likeness (QED) is 0.453. The highest BCUT2D eigenvalue weighted by molar-refractivity contribution is 7.79. The summed E-state index contributed by atoms with van der Waals surface area (Å²) in [6.07, 6.45) is 2.76. The average Bonchev–Trinajstić information content (AvgIpc) is 2.47. The minimum atomic E-state index is -4.92. The van der Waals surface area contributed by atoms with Crippen molar-refractivity contribution in [3.8, 4) is 0 Å². The fraction of sp³-hybridized carbons (Fsp3) is 0.467. The molecule has 0 aliphatic carbocycles. The third-order valence-electron chi connectivity index (χ3n) is 3.62. The Morgan fingerprint density at radius 3 is 2.18 bits per heavy atom. The zero-order chi connectivity index (χ0) is 17.2. The number of aliphatic hydroxyl groups is 1. The summed E-state index contributed by atoms with van der Waals surface area (Å²) < 4.78 is 33.8. The Labute approximate surface area is 132 Å². The number of para-hydroxylation sites is 1. The van der Waals surface area contributed by atoms with E-state index in [1.807, 2.05) is 12.1 Å². The van der Waals surface area contributed by atoms with Crippen molar-refractivity contribution in [2.75, 3.05) is 26.2 Å². The molecule has 1 rings (SSSR count). The number of benzene rings is 1. The predicted molar refractivity (Wildman–Crippen MR) is 88.3 cm³/mol. The molecule has 0 radical (unpaired) electrons. The maximum absolute atomic E-state index is 9.06. The number of rotatable bonds is 7. The molecule has 0 aliphatic rings. The van der Waals surface area contributed by atoms with Gasteiger partial charge >= 0.3 is 0 Å². The molecule has 7 heteroatoms. The van der Waals surface area contributed by atoms with Crippen molar-refractivity contribution in [1.82, 2.24) is 4.48 Å². The first-order valence-corrected chi connectivity index (χ1v) is 8.47. The summed E-state index contributed by atoms with van der Waals surface area (Å²) in [5.74, 6) is 0. The van der Waals surface area contributed by atoms with Crippen molar-refractivity contribution in [3.63, 3.8) is 0 Å². The van der Waals surface area contributed by atoms with E-state index >= 15 is 0 Å². The summed E-state index contributed by atoms with van der Waals surface area (Å²) in [6, 6.07) is 8.42. The number of aliphatic hydroxyl groups excluding tert-OH is 1. The average molecular weight is 331 g/mol. The highest BCUT2D eigenvalue weighted by Crippen LogP contribution is 2.28. The third-order valence-corrected chi connectivity index (χ3v) is 3.62. The highest BCUT2D eigenvalue weighted by atomic mass is 32.3. The SMILES string of the molecule is C=Cc1ccccc1[N+](CC)(CC)CCCO.O=S(=O)([O-])O. The topological polar surface area (TPSA) is 97.7 Å². The number of hydrogen-bond donors (Lipinski definition) is 2. The molecular weight excluding hydrogens is 306 g/mol. The molecule has 0 heterocycles. The van der Waals surface area contributed by atoms with Gasteiger partial charge in [0.25, 0.3) is 0 Å². The standard InChI is InChI=1S/C15H24NO.H2O4S/c1-4-14-10-7-8-11-15(14)16(5-2,6-3)12-9-13-17;1-5(2,3)4/h4,7-8,10-11,17H,1,5-6,9,12-13H2,2-3H3;(H2,1,2,3,4)/q+1;/p-1. The molecule has 22 heavy (non-hydrogen) atoms. The minimum Gasteiger partial charge on any atom is -0.726 e. The van der Waals surface area contributed by atoms with Crippen LogP contribution in [0.3, 0.4) is 0 Å². The molecule has 0 aliphatic heterocycles. The van der Waals surface area contributed by atoms with Gasteiger partial charge in [-0.1, -0.05) is 24.8 Å². The summed E-state index contributed by atoms with van der Waals surface area (Å²) in [4.78, 5) is 0. The molecule has 6 nitrogen and oxygen atoms in total. The Bertz CT molecular complexity index is 545. The van der Waals surface area contributed by atoms with Crippen LogP contribution in [-0.4, -0.2) is 48.9 Å². The lowest BCUT2D eigenvalue weighted by Gasteiger charge is -2.37. The van der Waals surface area contributed by atoms with E-state index in [4.69, 9.17) is 22.6 Å². The van der Waals surface area contributed by atoms with Gasteiger partial charge in [-0.25, -0.2) is 8.42 Å². The molecule has 0 atom stereocenters. The van der Waals surface area contributed by atoms with Gasteiger partial charge in [-0.2, -0.15) is 0 Å². The summed E-state index contributed by atoms with van der Waals surface area (Å²) >= 11 is 0. The minimum absolute atomic E-state index is 0.260. The van der Waals surface area contributed by atoms with Crippen LogP contribution >= 0.6 is 0 Å². The van der Waals surface area contributed by atoms with Gasteiger partial charge in [0.15, 0.2) is 0 Å². The largest absolute Gasteiger partial charge is 0.726 e. The van der Waals surface area contributed by atoms with Crippen LogP contribution in [0.2, 0.25) is 0 Å². The van der Waals surface area contributed by atoms with Crippen molar-refractivity contribution >= 4 is 22.2 Å². The van der Waals surface area contributed by atoms with Crippen molar-refractivity contribution < 1.29 is 22.6 Å². The zero-order valence-electron chi connectivity index (χ0n) is 13.1. The van der Waals surface area contributed by atoms with Gasteiger partial charge in [-0.15, -0.1) is 0 Å². The van der Waals surface area contributed by atoms with Crippen LogP contribution in [0, 0.1) is 0 Å². The molecule has 0 fully saturated rings. The van der Waals surface area contributed by atoms with Gasteiger partial charge in [-0.05, 0) is 26.0 Å². The van der Waals surface area contributed by atoms with Crippen LogP contribution in [0.25, 0.3) is 6.08 Å². The number of hydrogen-bond acceptors (Lipinski definition) is 4. The smallest absolute Gasteiger partial charge is 0.215 e. The Balaban J connectivity index is 0.000000763. The molecule has 0 saturated carbocycles. The first-order valence-electron chi connectivity index (χ1n) is 7.11. The van der Waals surface area contributed by atoms with Gasteiger partial charge in [0.05, 0.1) is 19.6 Å². The first-order chi connectivity index (χ1) is 10.2. The third kappa shape index (κ3) is 7.15. The van der Waals surface area contributed by atoms with E-state index in [9.17, 15) is 0 Å². The lowest BCUT2D eigenvalue weighted by atomic mass is 10.1. The van der Waals surface area contributed by atoms with Crippen LogP contribution in [0.15, 0.2) is 30.8 Å². The molecule has 1 aromatic carbocycles. The van der Waals surface area contributed by atoms with E-state index in [1.165, 1.54) is 11.3 Å².